The molecule has 80 valence electrons. The molecule has 1 saturated carbocycles. The fourth-order valence-corrected chi connectivity index (χ4v) is 2.21. The van der Waals surface area contributed by atoms with Gasteiger partial charge in [-0.25, -0.2) is 0 Å². The molecule has 0 aromatic rings. The highest BCUT2D eigenvalue weighted by atomic mass is 16.5. The standard InChI is InChI=1S/C12H20O2/c1-8(2)11-6-10(12(11,4)5)7-14-9(3)13/h10H,6-7H2,1-5H3/t10-/m0/s1. The van der Waals surface area contributed by atoms with E-state index in [9.17, 15) is 4.79 Å². The molecule has 1 atom stereocenters. The van der Waals surface area contributed by atoms with Crippen LogP contribution in [0.4, 0.5) is 0 Å². The van der Waals surface area contributed by atoms with Gasteiger partial charge in [0.1, 0.15) is 0 Å². The molecule has 1 aliphatic rings. The summed E-state index contributed by atoms with van der Waals surface area (Å²) in [6.45, 7) is 10.8. The monoisotopic (exact) mass is 196 g/mol. The Morgan fingerprint density at radius 3 is 2.36 bits per heavy atom. The van der Waals surface area contributed by atoms with Crippen LogP contribution in [0.1, 0.15) is 41.0 Å². The van der Waals surface area contributed by atoms with Crippen molar-refractivity contribution in [2.75, 3.05) is 6.61 Å². The van der Waals surface area contributed by atoms with E-state index in [-0.39, 0.29) is 11.4 Å². The third-order valence-electron chi connectivity index (χ3n) is 3.34. The summed E-state index contributed by atoms with van der Waals surface area (Å²) < 4.78 is 5.05. The molecule has 2 nitrogen and oxygen atoms in total. The SMILES string of the molecule is CC(=O)OC[C@@H]1CC(=C(C)C)C1(C)C. The van der Waals surface area contributed by atoms with Crippen LogP contribution in [0.3, 0.4) is 0 Å². The number of rotatable bonds is 2. The van der Waals surface area contributed by atoms with Crippen LogP contribution in [0.2, 0.25) is 0 Å². The van der Waals surface area contributed by atoms with Gasteiger partial charge >= 0.3 is 5.97 Å². The lowest BCUT2D eigenvalue weighted by Crippen LogP contribution is -2.41. The molecule has 0 aromatic carbocycles. The molecule has 0 N–H and O–H groups in total. The Bertz CT molecular complexity index is 270. The quantitative estimate of drug-likeness (QED) is 0.501. The first kappa shape index (κ1) is 11.3. The fourth-order valence-electron chi connectivity index (χ4n) is 2.21. The van der Waals surface area contributed by atoms with Gasteiger partial charge in [0.15, 0.2) is 0 Å². The van der Waals surface area contributed by atoms with Crippen molar-refractivity contribution in [1.82, 2.24) is 0 Å². The van der Waals surface area contributed by atoms with Crippen LogP contribution in [0.5, 0.6) is 0 Å². The van der Waals surface area contributed by atoms with Gasteiger partial charge in [0.25, 0.3) is 0 Å². The lowest BCUT2D eigenvalue weighted by atomic mass is 9.58. The number of carbonyl (C=O) groups is 1. The van der Waals surface area contributed by atoms with Gasteiger partial charge in [0.05, 0.1) is 6.61 Å². The second-order valence-electron chi connectivity index (χ2n) is 4.90. The Kier molecular flexibility index (Phi) is 3.03. The lowest BCUT2D eigenvalue weighted by molar-refractivity contribution is -0.144. The number of hydrogen-bond donors (Lipinski definition) is 0. The van der Waals surface area contributed by atoms with Gasteiger partial charge in [0.2, 0.25) is 0 Å². The highest BCUT2D eigenvalue weighted by Gasteiger charge is 2.44. The third kappa shape index (κ3) is 1.99. The van der Waals surface area contributed by atoms with Crippen molar-refractivity contribution in [1.29, 1.82) is 0 Å². The number of esters is 1. The maximum atomic E-state index is 10.7. The van der Waals surface area contributed by atoms with E-state index in [0.29, 0.717) is 12.5 Å². The summed E-state index contributed by atoms with van der Waals surface area (Å²) >= 11 is 0. The molecule has 0 heterocycles. The second kappa shape index (κ2) is 3.76. The summed E-state index contributed by atoms with van der Waals surface area (Å²) in [5, 5.41) is 0. The molecule has 0 spiro atoms. The van der Waals surface area contributed by atoms with Gasteiger partial charge in [-0.2, -0.15) is 0 Å². The molecule has 0 unspecified atom stereocenters. The summed E-state index contributed by atoms with van der Waals surface area (Å²) in [6, 6.07) is 0. The van der Waals surface area contributed by atoms with Crippen LogP contribution in [-0.2, 0) is 9.53 Å². The number of hydrogen-bond acceptors (Lipinski definition) is 2. The highest BCUT2D eigenvalue weighted by Crippen LogP contribution is 2.52. The number of ether oxygens (including phenoxy) is 1. The normalized spacial score (nSPS) is 24.1. The summed E-state index contributed by atoms with van der Waals surface area (Å²) in [5.74, 6) is 0.322. The van der Waals surface area contributed by atoms with Crippen molar-refractivity contribution in [3.05, 3.63) is 11.1 Å². The van der Waals surface area contributed by atoms with E-state index < -0.39 is 0 Å². The number of carbonyl (C=O) groups excluding carboxylic acids is 1. The molecule has 1 aliphatic carbocycles. The molecule has 14 heavy (non-hydrogen) atoms. The van der Waals surface area contributed by atoms with E-state index in [4.69, 9.17) is 4.74 Å². The molecule has 2 heteroatoms. The van der Waals surface area contributed by atoms with E-state index in [2.05, 4.69) is 27.7 Å². The molecule has 0 bridgehead atoms. The minimum absolute atomic E-state index is 0.175. The van der Waals surface area contributed by atoms with E-state index in [1.165, 1.54) is 18.1 Å². The van der Waals surface area contributed by atoms with Crippen LogP contribution >= 0.6 is 0 Å². The van der Waals surface area contributed by atoms with Crippen LogP contribution < -0.4 is 0 Å². The average Bonchev–Trinajstić information content (AvgIpc) is 2.00. The topological polar surface area (TPSA) is 26.3 Å². The molecule has 0 saturated heterocycles. The lowest BCUT2D eigenvalue weighted by Gasteiger charge is -2.48. The minimum atomic E-state index is -0.175. The third-order valence-corrected chi connectivity index (χ3v) is 3.34. The zero-order chi connectivity index (χ0) is 10.9. The first-order valence-electron chi connectivity index (χ1n) is 5.16. The summed E-state index contributed by atoms with van der Waals surface area (Å²) in [5.41, 5.74) is 3.15. The van der Waals surface area contributed by atoms with Gasteiger partial charge < -0.3 is 4.74 Å². The van der Waals surface area contributed by atoms with E-state index >= 15 is 0 Å². The van der Waals surface area contributed by atoms with Crippen molar-refractivity contribution in [2.24, 2.45) is 11.3 Å². The van der Waals surface area contributed by atoms with Gasteiger partial charge in [-0.05, 0) is 25.7 Å². The van der Waals surface area contributed by atoms with Crippen molar-refractivity contribution < 1.29 is 9.53 Å². The zero-order valence-electron chi connectivity index (χ0n) is 9.81. The maximum absolute atomic E-state index is 10.7. The fraction of sp³-hybridized carbons (Fsp3) is 0.750. The summed E-state index contributed by atoms with van der Waals surface area (Å²) in [4.78, 5) is 10.7. The molecular weight excluding hydrogens is 176 g/mol. The first-order chi connectivity index (χ1) is 6.35. The van der Waals surface area contributed by atoms with Crippen molar-refractivity contribution in [2.45, 2.75) is 41.0 Å². The zero-order valence-corrected chi connectivity index (χ0v) is 9.81. The molecule has 1 fully saturated rings. The van der Waals surface area contributed by atoms with Crippen LogP contribution in [0.15, 0.2) is 11.1 Å². The van der Waals surface area contributed by atoms with E-state index in [0.717, 1.165) is 6.42 Å². The predicted octanol–water partition coefficient (Wildman–Crippen LogP) is 2.93. The first-order valence-corrected chi connectivity index (χ1v) is 5.16. The summed E-state index contributed by atoms with van der Waals surface area (Å²) in [7, 11) is 0. The van der Waals surface area contributed by atoms with E-state index in [1.54, 1.807) is 0 Å². The highest BCUT2D eigenvalue weighted by molar-refractivity contribution is 5.65. The Labute approximate surface area is 86.3 Å². The number of allylic oxidation sites excluding steroid dienone is 2. The van der Waals surface area contributed by atoms with Gasteiger partial charge in [-0.15, -0.1) is 0 Å². The molecule has 0 radical (unpaired) electrons. The van der Waals surface area contributed by atoms with Gasteiger partial charge in [0, 0.05) is 12.8 Å². The average molecular weight is 196 g/mol. The maximum Gasteiger partial charge on any atom is 0.302 e. The molecule has 0 aromatic heterocycles. The Morgan fingerprint density at radius 1 is 1.43 bits per heavy atom. The second-order valence-corrected chi connectivity index (χ2v) is 4.90. The minimum Gasteiger partial charge on any atom is -0.466 e. The Balaban J connectivity index is 2.55. The van der Waals surface area contributed by atoms with Crippen molar-refractivity contribution in [3.8, 4) is 0 Å². The van der Waals surface area contributed by atoms with E-state index in [1.807, 2.05) is 0 Å². The van der Waals surface area contributed by atoms with Gasteiger partial charge in [-0.1, -0.05) is 25.0 Å². The Morgan fingerprint density at radius 2 is 2.00 bits per heavy atom. The molecule has 0 aliphatic heterocycles. The predicted molar refractivity (Wildman–Crippen MR) is 56.9 cm³/mol. The molecule has 1 rings (SSSR count). The van der Waals surface area contributed by atoms with Crippen molar-refractivity contribution >= 4 is 5.97 Å². The molecular formula is C12H20O2. The Hall–Kier alpha value is -0.790. The largest absolute Gasteiger partial charge is 0.466 e. The molecule has 0 amide bonds. The van der Waals surface area contributed by atoms with Gasteiger partial charge in [-0.3, -0.25) is 4.79 Å². The summed E-state index contributed by atoms with van der Waals surface area (Å²) in [6.07, 6.45) is 1.09. The van der Waals surface area contributed by atoms with Crippen molar-refractivity contribution in [3.63, 3.8) is 0 Å². The van der Waals surface area contributed by atoms with Crippen LogP contribution in [0, 0.1) is 11.3 Å². The smallest absolute Gasteiger partial charge is 0.302 e. The van der Waals surface area contributed by atoms with Crippen LogP contribution in [0.25, 0.3) is 0 Å². The van der Waals surface area contributed by atoms with Crippen LogP contribution in [-0.4, -0.2) is 12.6 Å².